The maximum Gasteiger partial charge on any atom is 0.341 e. The fraction of sp³-hybridized carbons (Fsp3) is 0.345. The van der Waals surface area contributed by atoms with Gasteiger partial charge >= 0.3 is 12.0 Å². The van der Waals surface area contributed by atoms with E-state index >= 15 is 0 Å². The molecule has 5 rings (SSSR count). The molecule has 198 valence electrons. The van der Waals surface area contributed by atoms with Gasteiger partial charge in [0.05, 0.1) is 17.9 Å². The van der Waals surface area contributed by atoms with Gasteiger partial charge in [0.1, 0.15) is 5.82 Å². The van der Waals surface area contributed by atoms with Crippen LogP contribution in [0.25, 0.3) is 16.5 Å². The van der Waals surface area contributed by atoms with Crippen molar-refractivity contribution in [1.82, 2.24) is 15.2 Å². The number of aromatic amines is 1. The van der Waals surface area contributed by atoms with E-state index in [1.165, 1.54) is 35.4 Å². The van der Waals surface area contributed by atoms with Crippen LogP contribution >= 0.6 is 0 Å². The first-order chi connectivity index (χ1) is 18.1. The van der Waals surface area contributed by atoms with Crippen LogP contribution in [0, 0.1) is 5.82 Å². The topological polar surface area (TPSA) is 94.7 Å². The fourth-order valence-corrected chi connectivity index (χ4v) is 4.94. The van der Waals surface area contributed by atoms with Crippen LogP contribution in [0.5, 0.6) is 0 Å². The lowest BCUT2D eigenvalue weighted by molar-refractivity contribution is -0.136. The molecule has 2 N–H and O–H groups in total. The van der Waals surface area contributed by atoms with Gasteiger partial charge in [-0.15, -0.1) is 0 Å². The number of carbonyl (C=O) groups excluding carboxylic acids is 3. The van der Waals surface area contributed by atoms with Crippen LogP contribution < -0.4 is 10.2 Å². The van der Waals surface area contributed by atoms with E-state index in [2.05, 4.69) is 10.3 Å². The Morgan fingerprint density at radius 2 is 1.87 bits per heavy atom. The predicted octanol–water partition coefficient (Wildman–Crippen LogP) is 4.95. The molecule has 0 bridgehead atoms. The standard InChI is InChI=1S/C29H31FN4O4/c1-5-38-27(36)22-15-34(26(35)17-6-8-18(30)9-7-17)16-29(2,3)24-21-13-12-20(14-23(21)32-25(22)24)33(4)28(37)31-19-10-11-19/h6-9,12-15,19,32H,5,10-11,16H2,1-4H3,(H,31,37). The number of halogens is 1. The molecular weight excluding hydrogens is 487 g/mol. The van der Waals surface area contributed by atoms with Crippen LogP contribution in [0.1, 0.15) is 55.2 Å². The van der Waals surface area contributed by atoms with Crippen molar-refractivity contribution in [3.63, 3.8) is 0 Å². The number of carbonyl (C=O) groups is 3. The van der Waals surface area contributed by atoms with Gasteiger partial charge < -0.3 is 19.9 Å². The Balaban J connectivity index is 1.59. The van der Waals surface area contributed by atoms with Gasteiger partial charge in [0.2, 0.25) is 0 Å². The molecule has 0 atom stereocenters. The number of nitrogens with zero attached hydrogens (tertiary/aromatic N) is 2. The second-order valence-electron chi connectivity index (χ2n) is 10.5. The summed E-state index contributed by atoms with van der Waals surface area (Å²) < 4.78 is 18.8. The number of hydrogen-bond donors (Lipinski definition) is 2. The van der Waals surface area contributed by atoms with E-state index in [1.54, 1.807) is 18.9 Å². The third-order valence-corrected chi connectivity index (χ3v) is 7.02. The van der Waals surface area contributed by atoms with Gasteiger partial charge in [0.25, 0.3) is 5.91 Å². The normalized spacial score (nSPS) is 16.3. The minimum Gasteiger partial charge on any atom is -0.462 e. The van der Waals surface area contributed by atoms with Crippen molar-refractivity contribution in [3.05, 3.63) is 71.3 Å². The number of hydrogen-bond acceptors (Lipinski definition) is 4. The minimum absolute atomic E-state index is 0.164. The molecule has 0 spiro atoms. The molecule has 3 amide bonds. The number of amides is 3. The molecule has 2 heterocycles. The van der Waals surface area contributed by atoms with Crippen molar-refractivity contribution in [2.24, 2.45) is 0 Å². The zero-order valence-electron chi connectivity index (χ0n) is 21.9. The summed E-state index contributed by atoms with van der Waals surface area (Å²) >= 11 is 0. The Bertz CT molecular complexity index is 1450. The van der Waals surface area contributed by atoms with Gasteiger partial charge in [0, 0.05) is 53.4 Å². The first-order valence-corrected chi connectivity index (χ1v) is 12.8. The number of H-pyrrole nitrogens is 1. The highest BCUT2D eigenvalue weighted by Gasteiger charge is 2.37. The summed E-state index contributed by atoms with van der Waals surface area (Å²) in [6.07, 6.45) is 3.52. The molecule has 9 heteroatoms. The molecule has 0 saturated heterocycles. The molecule has 1 fully saturated rings. The van der Waals surface area contributed by atoms with Crippen molar-refractivity contribution < 1.29 is 23.5 Å². The Labute approximate surface area is 220 Å². The highest BCUT2D eigenvalue weighted by molar-refractivity contribution is 6.18. The van der Waals surface area contributed by atoms with E-state index in [-0.39, 0.29) is 36.7 Å². The van der Waals surface area contributed by atoms with Crippen molar-refractivity contribution in [2.75, 3.05) is 25.1 Å². The van der Waals surface area contributed by atoms with Crippen LogP contribution in [0.3, 0.4) is 0 Å². The van der Waals surface area contributed by atoms with Crippen LogP contribution in [-0.4, -0.2) is 54.0 Å². The number of urea groups is 1. The molecule has 1 aliphatic heterocycles. The van der Waals surface area contributed by atoms with Crippen LogP contribution in [0.4, 0.5) is 14.9 Å². The summed E-state index contributed by atoms with van der Waals surface area (Å²) in [4.78, 5) is 45.6. The van der Waals surface area contributed by atoms with Gasteiger partial charge in [-0.2, -0.15) is 0 Å². The molecule has 1 aromatic heterocycles. The second-order valence-corrected chi connectivity index (χ2v) is 10.5. The lowest BCUT2D eigenvalue weighted by Crippen LogP contribution is -2.38. The first kappa shape index (κ1) is 25.5. The summed E-state index contributed by atoms with van der Waals surface area (Å²) in [5.74, 6) is -1.34. The number of benzene rings is 2. The maximum atomic E-state index is 13.5. The quantitative estimate of drug-likeness (QED) is 0.467. The third-order valence-electron chi connectivity index (χ3n) is 7.02. The largest absolute Gasteiger partial charge is 0.462 e. The van der Waals surface area contributed by atoms with Gasteiger partial charge in [-0.05, 0) is 61.7 Å². The van der Waals surface area contributed by atoms with Gasteiger partial charge in [-0.25, -0.2) is 14.0 Å². The number of fused-ring (bicyclic) bond motifs is 3. The molecule has 8 nitrogen and oxygen atoms in total. The maximum absolute atomic E-state index is 13.5. The molecule has 3 aromatic rings. The molecule has 2 aromatic carbocycles. The smallest absolute Gasteiger partial charge is 0.341 e. The molecule has 0 radical (unpaired) electrons. The van der Waals surface area contributed by atoms with Crippen LogP contribution in [-0.2, 0) is 14.9 Å². The monoisotopic (exact) mass is 518 g/mol. The lowest BCUT2D eigenvalue weighted by Gasteiger charge is -2.29. The van der Waals surface area contributed by atoms with E-state index in [4.69, 9.17) is 4.74 Å². The second kappa shape index (κ2) is 9.63. The lowest BCUT2D eigenvalue weighted by atomic mass is 9.81. The van der Waals surface area contributed by atoms with Gasteiger partial charge in [-0.3, -0.25) is 9.69 Å². The first-order valence-electron chi connectivity index (χ1n) is 12.8. The zero-order chi connectivity index (χ0) is 27.2. The van der Waals surface area contributed by atoms with Crippen molar-refractivity contribution >= 4 is 40.1 Å². The number of rotatable bonds is 5. The Morgan fingerprint density at radius 3 is 2.53 bits per heavy atom. The molecule has 1 aliphatic carbocycles. The highest BCUT2D eigenvalue weighted by Crippen LogP contribution is 2.41. The van der Waals surface area contributed by atoms with E-state index in [0.717, 1.165) is 29.3 Å². The number of nitrogens with one attached hydrogen (secondary N) is 2. The van der Waals surface area contributed by atoms with Crippen molar-refractivity contribution in [2.45, 2.75) is 45.1 Å². The zero-order valence-corrected chi connectivity index (χ0v) is 21.9. The Kier molecular flexibility index (Phi) is 6.46. The molecule has 1 saturated carbocycles. The van der Waals surface area contributed by atoms with E-state index in [1.807, 2.05) is 32.0 Å². The van der Waals surface area contributed by atoms with Crippen molar-refractivity contribution in [1.29, 1.82) is 0 Å². The van der Waals surface area contributed by atoms with E-state index in [9.17, 15) is 18.8 Å². The molecule has 38 heavy (non-hydrogen) atoms. The number of aromatic nitrogens is 1. The summed E-state index contributed by atoms with van der Waals surface area (Å²) in [6.45, 7) is 6.19. The SMILES string of the molecule is CCOC(=O)C1=CN(C(=O)c2ccc(F)cc2)CC(C)(C)c2c1[nH]c1cc(N(C)C(=O)NC3CC3)ccc21. The average Bonchev–Trinajstić information content (AvgIpc) is 3.63. The summed E-state index contributed by atoms with van der Waals surface area (Å²) in [5.41, 5.74) is 2.87. The van der Waals surface area contributed by atoms with E-state index < -0.39 is 17.2 Å². The highest BCUT2D eigenvalue weighted by atomic mass is 19.1. The number of esters is 1. The number of anilines is 1. The minimum atomic E-state index is -0.579. The molecular formula is C29H31FN4O4. The van der Waals surface area contributed by atoms with Gasteiger partial charge in [-0.1, -0.05) is 19.9 Å². The average molecular weight is 519 g/mol. The summed E-state index contributed by atoms with van der Waals surface area (Å²) in [5, 5.41) is 3.87. The van der Waals surface area contributed by atoms with Crippen LogP contribution in [0.15, 0.2) is 48.7 Å². The van der Waals surface area contributed by atoms with Crippen molar-refractivity contribution in [3.8, 4) is 0 Å². The molecule has 2 aliphatic rings. The molecule has 0 unspecified atom stereocenters. The number of ether oxygens (including phenoxy) is 1. The van der Waals surface area contributed by atoms with Crippen LogP contribution in [0.2, 0.25) is 0 Å². The Hall–Kier alpha value is -4.14. The van der Waals surface area contributed by atoms with E-state index in [0.29, 0.717) is 16.9 Å². The third kappa shape index (κ3) is 4.76. The van der Waals surface area contributed by atoms with Gasteiger partial charge in [0.15, 0.2) is 0 Å². The summed E-state index contributed by atoms with van der Waals surface area (Å²) in [7, 11) is 1.72. The summed E-state index contributed by atoms with van der Waals surface area (Å²) in [6, 6.07) is 11.1. The predicted molar refractivity (Wildman–Crippen MR) is 143 cm³/mol. The Morgan fingerprint density at radius 1 is 1.16 bits per heavy atom. The fourth-order valence-electron chi connectivity index (χ4n) is 4.94.